The lowest BCUT2D eigenvalue weighted by atomic mass is 10.0. The van der Waals surface area contributed by atoms with Crippen molar-refractivity contribution in [3.8, 4) is 5.75 Å². The van der Waals surface area contributed by atoms with Crippen molar-refractivity contribution in [1.29, 1.82) is 0 Å². The Kier molecular flexibility index (Phi) is 6.50. The number of rotatable bonds is 7. The second kappa shape index (κ2) is 9.04. The van der Waals surface area contributed by atoms with Crippen molar-refractivity contribution in [2.45, 2.75) is 12.6 Å². The van der Waals surface area contributed by atoms with Crippen LogP contribution in [0.5, 0.6) is 5.75 Å². The molecule has 0 aliphatic heterocycles. The molecule has 2 aromatic carbocycles. The lowest BCUT2D eigenvalue weighted by Gasteiger charge is -2.27. The zero-order valence-electron chi connectivity index (χ0n) is 15.2. The Bertz CT molecular complexity index is 881. The van der Waals surface area contributed by atoms with Gasteiger partial charge in [0.15, 0.2) is 0 Å². The number of hydrogen-bond acceptors (Lipinski definition) is 4. The summed E-state index contributed by atoms with van der Waals surface area (Å²) < 4.78 is 5.91. The number of nitrogens with one attached hydrogen (secondary N) is 1. The van der Waals surface area contributed by atoms with E-state index in [9.17, 15) is 4.79 Å². The monoisotopic (exact) mass is 400 g/mol. The van der Waals surface area contributed by atoms with E-state index in [0.29, 0.717) is 6.54 Å². The number of hydrogen-bond donors (Lipinski definition) is 1. The fraction of sp³-hybridized carbons (Fsp3) is 0.190. The number of anilines is 1. The summed E-state index contributed by atoms with van der Waals surface area (Å²) in [4.78, 5) is 16.2. The van der Waals surface area contributed by atoms with E-state index in [0.717, 1.165) is 26.2 Å². The van der Waals surface area contributed by atoms with Crippen LogP contribution in [0.25, 0.3) is 0 Å². The summed E-state index contributed by atoms with van der Waals surface area (Å²) in [6, 6.07) is 20.5. The largest absolute Gasteiger partial charge is 0.497 e. The molecule has 6 heteroatoms. The van der Waals surface area contributed by atoms with Gasteiger partial charge in [0.2, 0.25) is 5.91 Å². The van der Waals surface area contributed by atoms with Crippen LogP contribution in [-0.4, -0.2) is 25.0 Å². The Morgan fingerprint density at radius 1 is 1.11 bits per heavy atom. The van der Waals surface area contributed by atoms with Gasteiger partial charge in [-0.3, -0.25) is 9.69 Å². The van der Waals surface area contributed by atoms with E-state index in [1.165, 1.54) is 11.3 Å². The van der Waals surface area contributed by atoms with Gasteiger partial charge >= 0.3 is 0 Å². The quantitative estimate of drug-likeness (QED) is 0.591. The number of nitrogens with zero attached hydrogens (tertiary/aromatic N) is 1. The maximum Gasteiger partial charge on any atom is 0.246 e. The highest BCUT2D eigenvalue weighted by atomic mass is 35.5. The molecule has 0 aliphatic rings. The van der Waals surface area contributed by atoms with Crippen molar-refractivity contribution < 1.29 is 9.53 Å². The van der Waals surface area contributed by atoms with Crippen LogP contribution in [0.15, 0.2) is 66.7 Å². The van der Waals surface area contributed by atoms with Crippen molar-refractivity contribution >= 4 is 34.5 Å². The zero-order chi connectivity index (χ0) is 19.2. The van der Waals surface area contributed by atoms with Crippen LogP contribution in [-0.2, 0) is 11.3 Å². The van der Waals surface area contributed by atoms with Crippen molar-refractivity contribution in [1.82, 2.24) is 4.90 Å². The molecule has 140 valence electrons. The number of likely N-dealkylation sites (N-methyl/N-ethyl adjacent to an activating group) is 1. The van der Waals surface area contributed by atoms with Crippen LogP contribution in [0.3, 0.4) is 0 Å². The Morgan fingerprint density at radius 3 is 2.41 bits per heavy atom. The van der Waals surface area contributed by atoms with E-state index >= 15 is 0 Å². The summed E-state index contributed by atoms with van der Waals surface area (Å²) >= 11 is 7.57. The molecule has 1 atom stereocenters. The van der Waals surface area contributed by atoms with Gasteiger partial charge in [0.05, 0.1) is 11.4 Å². The van der Waals surface area contributed by atoms with E-state index < -0.39 is 6.04 Å². The standard InChI is InChI=1S/C21H21ClN2O2S/c1-24(14-18-12-13-19(22)27-18)20(15-6-4-3-5-7-15)21(25)23-16-8-10-17(26-2)11-9-16/h3-13,20H,14H2,1-2H3,(H,23,25). The van der Waals surface area contributed by atoms with Crippen molar-refractivity contribution in [2.75, 3.05) is 19.5 Å². The first-order valence-corrected chi connectivity index (χ1v) is 9.70. The molecule has 1 unspecified atom stereocenters. The topological polar surface area (TPSA) is 41.6 Å². The van der Waals surface area contributed by atoms with Crippen molar-refractivity contribution in [3.05, 3.63) is 81.5 Å². The van der Waals surface area contributed by atoms with Crippen molar-refractivity contribution in [3.63, 3.8) is 0 Å². The molecular weight excluding hydrogens is 380 g/mol. The van der Waals surface area contributed by atoms with Crippen LogP contribution in [0.4, 0.5) is 5.69 Å². The fourth-order valence-corrected chi connectivity index (χ4v) is 4.05. The van der Waals surface area contributed by atoms with Crippen LogP contribution < -0.4 is 10.1 Å². The molecule has 1 amide bonds. The Hall–Kier alpha value is -2.34. The highest BCUT2D eigenvalue weighted by Crippen LogP contribution is 2.27. The fourth-order valence-electron chi connectivity index (χ4n) is 2.90. The van der Waals surface area contributed by atoms with Crippen LogP contribution in [0.1, 0.15) is 16.5 Å². The number of thiophene rings is 1. The van der Waals surface area contributed by atoms with Gasteiger partial charge in [-0.25, -0.2) is 0 Å². The molecular formula is C21H21ClN2O2S. The van der Waals surface area contributed by atoms with Gasteiger partial charge in [0.1, 0.15) is 11.8 Å². The number of halogens is 1. The summed E-state index contributed by atoms with van der Waals surface area (Å²) in [6.07, 6.45) is 0. The number of carbonyl (C=O) groups is 1. The Morgan fingerprint density at radius 2 is 1.81 bits per heavy atom. The van der Waals surface area contributed by atoms with E-state index in [4.69, 9.17) is 16.3 Å². The molecule has 1 aromatic heterocycles. The lowest BCUT2D eigenvalue weighted by molar-refractivity contribution is -0.121. The van der Waals surface area contributed by atoms with Gasteiger partial charge in [-0.05, 0) is 49.0 Å². The smallest absolute Gasteiger partial charge is 0.246 e. The van der Waals surface area contributed by atoms with Gasteiger partial charge in [-0.15, -0.1) is 11.3 Å². The van der Waals surface area contributed by atoms with Crippen LogP contribution >= 0.6 is 22.9 Å². The molecule has 3 aromatic rings. The molecule has 0 bridgehead atoms. The summed E-state index contributed by atoms with van der Waals surface area (Å²) in [6.45, 7) is 0.632. The minimum atomic E-state index is -0.422. The predicted molar refractivity (Wildman–Crippen MR) is 112 cm³/mol. The van der Waals surface area contributed by atoms with Gasteiger partial charge in [0.25, 0.3) is 0 Å². The summed E-state index contributed by atoms with van der Waals surface area (Å²) in [5.41, 5.74) is 1.67. The number of carbonyl (C=O) groups excluding carboxylic acids is 1. The third-order valence-electron chi connectivity index (χ3n) is 4.20. The van der Waals surface area contributed by atoms with E-state index in [2.05, 4.69) is 5.32 Å². The summed E-state index contributed by atoms with van der Waals surface area (Å²) in [5, 5.41) is 3.00. The molecule has 0 aliphatic carbocycles. The average molecular weight is 401 g/mol. The lowest BCUT2D eigenvalue weighted by Crippen LogP contribution is -2.34. The average Bonchev–Trinajstić information content (AvgIpc) is 3.08. The molecule has 0 saturated heterocycles. The molecule has 0 radical (unpaired) electrons. The number of ether oxygens (including phenoxy) is 1. The van der Waals surface area contributed by atoms with Gasteiger partial charge < -0.3 is 10.1 Å². The minimum Gasteiger partial charge on any atom is -0.497 e. The van der Waals surface area contributed by atoms with E-state index in [1.807, 2.05) is 78.7 Å². The molecule has 0 saturated carbocycles. The minimum absolute atomic E-state index is 0.0866. The van der Waals surface area contributed by atoms with Crippen molar-refractivity contribution in [2.24, 2.45) is 0 Å². The van der Waals surface area contributed by atoms with E-state index in [-0.39, 0.29) is 5.91 Å². The first-order valence-electron chi connectivity index (χ1n) is 8.51. The van der Waals surface area contributed by atoms with E-state index in [1.54, 1.807) is 7.11 Å². The third kappa shape index (κ3) is 5.10. The molecule has 0 spiro atoms. The van der Waals surface area contributed by atoms with Gasteiger partial charge in [-0.2, -0.15) is 0 Å². The zero-order valence-corrected chi connectivity index (χ0v) is 16.8. The molecule has 27 heavy (non-hydrogen) atoms. The van der Waals surface area contributed by atoms with Gasteiger partial charge in [-0.1, -0.05) is 41.9 Å². The molecule has 3 rings (SSSR count). The maximum atomic E-state index is 13.1. The number of benzene rings is 2. The third-order valence-corrected chi connectivity index (χ3v) is 5.41. The Labute approximate surface area is 168 Å². The maximum absolute atomic E-state index is 13.1. The molecule has 1 N–H and O–H groups in total. The SMILES string of the molecule is COc1ccc(NC(=O)C(c2ccccc2)N(C)Cc2ccc(Cl)s2)cc1. The highest BCUT2D eigenvalue weighted by molar-refractivity contribution is 7.16. The predicted octanol–water partition coefficient (Wildman–Crippen LogP) is 5.22. The second-order valence-corrected chi connectivity index (χ2v) is 7.95. The van der Waals surface area contributed by atoms with Crippen LogP contribution in [0.2, 0.25) is 4.34 Å². The first-order chi connectivity index (χ1) is 13.1. The molecule has 4 nitrogen and oxygen atoms in total. The second-order valence-electron chi connectivity index (χ2n) is 6.15. The highest BCUT2D eigenvalue weighted by Gasteiger charge is 2.25. The first kappa shape index (κ1) is 19.4. The number of amides is 1. The summed E-state index contributed by atoms with van der Waals surface area (Å²) in [7, 11) is 3.56. The Balaban J connectivity index is 1.81. The van der Waals surface area contributed by atoms with Gasteiger partial charge in [0, 0.05) is 17.1 Å². The normalized spacial score (nSPS) is 12.0. The summed E-state index contributed by atoms with van der Waals surface area (Å²) in [5.74, 6) is 0.663. The molecule has 0 fully saturated rings. The molecule has 1 heterocycles. The number of methoxy groups -OCH3 is 1. The van der Waals surface area contributed by atoms with Crippen LogP contribution in [0, 0.1) is 0 Å².